The van der Waals surface area contributed by atoms with Crippen LogP contribution >= 0.6 is 11.3 Å². The molecule has 0 saturated heterocycles. The van der Waals surface area contributed by atoms with Gasteiger partial charge in [-0.15, -0.1) is 0 Å². The van der Waals surface area contributed by atoms with E-state index in [1.807, 2.05) is 12.1 Å². The third-order valence-electron chi connectivity index (χ3n) is 3.12. The number of anilines is 1. The number of carbonyl (C=O) groups excluding carboxylic acids is 1. The van der Waals surface area contributed by atoms with E-state index in [1.165, 1.54) is 11.3 Å². The fourth-order valence-corrected chi connectivity index (χ4v) is 2.96. The van der Waals surface area contributed by atoms with Crippen molar-refractivity contribution in [2.45, 2.75) is 0 Å². The number of nitrogens with zero attached hydrogens (tertiary/aromatic N) is 1. The number of rotatable bonds is 6. The van der Waals surface area contributed by atoms with Gasteiger partial charge in [0.1, 0.15) is 0 Å². The molecule has 114 valence electrons. The summed E-state index contributed by atoms with van der Waals surface area (Å²) >= 11 is 1.28. The number of hydrogen-bond donors (Lipinski definition) is 2. The number of hydrogen-bond acceptors (Lipinski definition) is 6. The molecule has 0 atom stereocenters. The van der Waals surface area contributed by atoms with Crippen LogP contribution in [0.2, 0.25) is 0 Å². The average Bonchev–Trinajstić information content (AvgIpc) is 3.00. The number of pyridine rings is 1. The zero-order valence-electron chi connectivity index (χ0n) is 12.0. The van der Waals surface area contributed by atoms with Crippen molar-refractivity contribution in [3.63, 3.8) is 0 Å². The van der Waals surface area contributed by atoms with Gasteiger partial charge < -0.3 is 5.73 Å². The van der Waals surface area contributed by atoms with Crippen LogP contribution in [0.15, 0.2) is 42.7 Å². The standard InChI is InChI=1S/C15H12BN3O3S/c17-15(20)13-5-11-12(6-18-7-14(11)23-13)22-10-3-1-9(2-4-10)19-8-16-21/h1-7,19H,8H2,(H2,17,20). The van der Waals surface area contributed by atoms with Gasteiger partial charge in [-0.1, -0.05) is 0 Å². The topological polar surface area (TPSA) is 94.3 Å². The van der Waals surface area contributed by atoms with E-state index in [1.54, 1.807) is 30.6 Å². The Bertz CT molecular complexity index is 864. The molecule has 0 fully saturated rings. The van der Waals surface area contributed by atoms with Crippen LogP contribution in [-0.4, -0.2) is 24.5 Å². The Balaban J connectivity index is 1.86. The van der Waals surface area contributed by atoms with E-state index < -0.39 is 5.91 Å². The van der Waals surface area contributed by atoms with Crippen molar-refractivity contribution < 1.29 is 14.2 Å². The molecular weight excluding hydrogens is 313 g/mol. The molecule has 23 heavy (non-hydrogen) atoms. The van der Waals surface area contributed by atoms with Gasteiger partial charge >= 0.3 is 125 Å². The Kier molecular flexibility index (Phi) is 4.34. The predicted octanol–water partition coefficient (Wildman–Crippen LogP) is 2.61. The van der Waals surface area contributed by atoms with Gasteiger partial charge in [-0.25, -0.2) is 0 Å². The summed E-state index contributed by atoms with van der Waals surface area (Å²) in [6, 6.07) is 8.91. The SMILES string of the molecule is NC(=O)c1cc2c(Oc3ccc(NCB=O)cc3)cncc2s1. The molecule has 3 rings (SSSR count). The quantitative estimate of drug-likeness (QED) is 0.679. The van der Waals surface area contributed by atoms with Crippen molar-refractivity contribution in [3.8, 4) is 11.5 Å². The monoisotopic (exact) mass is 325 g/mol. The van der Waals surface area contributed by atoms with E-state index in [4.69, 9.17) is 10.5 Å². The number of amides is 1. The first-order chi connectivity index (χ1) is 11.2. The second-order valence-corrected chi connectivity index (χ2v) is 5.78. The van der Waals surface area contributed by atoms with Gasteiger partial charge in [0.15, 0.2) is 0 Å². The normalized spacial score (nSPS) is 10.3. The number of benzene rings is 1. The Hall–Kier alpha value is -2.74. The number of nitrogens with one attached hydrogen (secondary N) is 1. The van der Waals surface area contributed by atoms with Crippen LogP contribution in [0.1, 0.15) is 9.67 Å². The third-order valence-corrected chi connectivity index (χ3v) is 4.21. The first-order valence-electron chi connectivity index (χ1n) is 6.80. The molecule has 0 radical (unpaired) electrons. The van der Waals surface area contributed by atoms with Crippen LogP contribution in [0.5, 0.6) is 11.5 Å². The molecule has 0 aliphatic rings. The molecule has 1 aromatic carbocycles. The molecule has 0 aliphatic heterocycles. The summed E-state index contributed by atoms with van der Waals surface area (Å²) in [7, 11) is 0.795. The fraction of sp³-hybridized carbons (Fsp3) is 0.0667. The van der Waals surface area contributed by atoms with E-state index in [0.29, 0.717) is 16.4 Å². The Labute approximate surface area is 136 Å². The van der Waals surface area contributed by atoms with Crippen molar-refractivity contribution >= 4 is 40.2 Å². The van der Waals surface area contributed by atoms with Crippen molar-refractivity contribution in [2.24, 2.45) is 5.73 Å². The summed E-state index contributed by atoms with van der Waals surface area (Å²) in [6.07, 6.45) is 3.53. The molecule has 0 spiro atoms. The van der Waals surface area contributed by atoms with E-state index in [2.05, 4.69) is 10.3 Å². The summed E-state index contributed by atoms with van der Waals surface area (Å²) in [5, 5.41) is 3.74. The maximum atomic E-state index is 11.3. The van der Waals surface area contributed by atoms with E-state index in [0.717, 1.165) is 22.9 Å². The van der Waals surface area contributed by atoms with Crippen LogP contribution in [0.25, 0.3) is 10.1 Å². The average molecular weight is 325 g/mol. The number of fused-ring (bicyclic) bond motifs is 1. The van der Waals surface area contributed by atoms with Crippen molar-refractivity contribution in [2.75, 3.05) is 11.8 Å². The molecule has 3 aromatic rings. The van der Waals surface area contributed by atoms with Gasteiger partial charge in [0.05, 0.1) is 0 Å². The van der Waals surface area contributed by atoms with Gasteiger partial charge in [-0.2, -0.15) is 0 Å². The number of carbonyl (C=O) groups is 1. The second kappa shape index (κ2) is 6.57. The summed E-state index contributed by atoms with van der Waals surface area (Å²) in [4.78, 5) is 15.9. The molecule has 0 aliphatic carbocycles. The molecule has 1 amide bonds. The predicted molar refractivity (Wildman–Crippen MR) is 89.6 cm³/mol. The molecular formula is C15H12BN3O3S. The third kappa shape index (κ3) is 3.37. The number of nitrogens with two attached hydrogens (primary N) is 1. The Morgan fingerprint density at radius 3 is 2.78 bits per heavy atom. The van der Waals surface area contributed by atoms with E-state index in [-0.39, 0.29) is 6.44 Å². The van der Waals surface area contributed by atoms with Crippen LogP contribution in [0.4, 0.5) is 5.69 Å². The molecule has 2 heterocycles. The van der Waals surface area contributed by atoms with Crippen molar-refractivity contribution in [1.82, 2.24) is 4.98 Å². The van der Waals surface area contributed by atoms with E-state index in [9.17, 15) is 9.50 Å². The first kappa shape index (κ1) is 15.2. The van der Waals surface area contributed by atoms with E-state index >= 15 is 0 Å². The number of primary amides is 1. The van der Waals surface area contributed by atoms with Crippen LogP contribution in [0.3, 0.4) is 0 Å². The summed E-state index contributed by atoms with van der Waals surface area (Å²) < 4.78 is 17.0. The zero-order valence-corrected chi connectivity index (χ0v) is 12.8. The Morgan fingerprint density at radius 2 is 2.09 bits per heavy atom. The minimum atomic E-state index is -0.470. The molecule has 2 aromatic heterocycles. The van der Waals surface area contributed by atoms with Crippen LogP contribution in [-0.2, 0) is 4.70 Å². The van der Waals surface area contributed by atoms with Crippen LogP contribution < -0.4 is 15.8 Å². The molecule has 0 unspecified atom stereocenters. The molecule has 3 N–H and O–H groups in total. The molecule has 0 saturated carbocycles. The number of aromatic nitrogens is 1. The number of ether oxygens (including phenoxy) is 1. The molecule has 6 nitrogen and oxygen atoms in total. The maximum absolute atomic E-state index is 11.3. The molecule has 8 heteroatoms. The summed E-state index contributed by atoms with van der Waals surface area (Å²) in [5.74, 6) is 0.713. The minimum absolute atomic E-state index is 0.258. The first-order valence-corrected chi connectivity index (χ1v) is 7.62. The second-order valence-electron chi connectivity index (χ2n) is 4.70. The van der Waals surface area contributed by atoms with Gasteiger partial charge in [0.25, 0.3) is 0 Å². The fourth-order valence-electron chi connectivity index (χ4n) is 2.07. The van der Waals surface area contributed by atoms with Gasteiger partial charge in [-0.05, 0) is 0 Å². The Morgan fingerprint density at radius 1 is 1.30 bits per heavy atom. The van der Waals surface area contributed by atoms with Crippen molar-refractivity contribution in [3.05, 3.63) is 47.6 Å². The van der Waals surface area contributed by atoms with Crippen molar-refractivity contribution in [1.29, 1.82) is 0 Å². The summed E-state index contributed by atoms with van der Waals surface area (Å²) in [6.45, 7) is 0. The van der Waals surface area contributed by atoms with Gasteiger partial charge in [0.2, 0.25) is 0 Å². The summed E-state index contributed by atoms with van der Waals surface area (Å²) in [5.41, 5.74) is 6.14. The zero-order chi connectivity index (χ0) is 16.2. The molecule has 0 bridgehead atoms. The van der Waals surface area contributed by atoms with Crippen LogP contribution in [0, 0.1) is 0 Å². The number of thiophene rings is 1. The van der Waals surface area contributed by atoms with Gasteiger partial charge in [0, 0.05) is 0 Å². The van der Waals surface area contributed by atoms with Gasteiger partial charge in [-0.3, -0.25) is 4.79 Å².